The van der Waals surface area contributed by atoms with Gasteiger partial charge in [0.2, 0.25) is 10.0 Å². The van der Waals surface area contributed by atoms with Crippen LogP contribution in [-0.2, 0) is 16.6 Å². The Bertz CT molecular complexity index is 861. The zero-order chi connectivity index (χ0) is 17.7. The molecule has 0 aliphatic heterocycles. The van der Waals surface area contributed by atoms with Gasteiger partial charge in [0.25, 0.3) is 5.69 Å². The third-order valence-corrected chi connectivity index (χ3v) is 4.63. The lowest BCUT2D eigenvalue weighted by Gasteiger charge is -2.08. The Balaban J connectivity index is 2.00. The highest BCUT2D eigenvalue weighted by molar-refractivity contribution is 7.89. The topological polar surface area (TPSA) is 144 Å². The maximum Gasteiger partial charge on any atom is 0.354 e. The molecule has 11 heteroatoms. The predicted molar refractivity (Wildman–Crippen MR) is 82.1 cm³/mol. The van der Waals surface area contributed by atoms with Crippen molar-refractivity contribution in [3.05, 3.63) is 52.3 Å². The first kappa shape index (κ1) is 17.6. The van der Waals surface area contributed by atoms with Gasteiger partial charge in [0.05, 0.1) is 4.92 Å². The van der Waals surface area contributed by atoms with Crippen LogP contribution in [0.3, 0.4) is 0 Å². The molecule has 0 aliphatic carbocycles. The number of rotatable bonds is 8. The number of nitrogens with one attached hydrogen (secondary N) is 1. The van der Waals surface area contributed by atoms with Crippen molar-refractivity contribution in [2.24, 2.45) is 0 Å². The molecule has 2 N–H and O–H groups in total. The number of carboxylic acids is 1. The van der Waals surface area contributed by atoms with Crippen molar-refractivity contribution in [2.45, 2.75) is 17.9 Å². The number of carboxylic acid groups (broad SMARTS) is 1. The summed E-state index contributed by atoms with van der Waals surface area (Å²) < 4.78 is 27.8. The number of aromatic carboxylic acids is 1. The molecule has 10 nitrogen and oxygen atoms in total. The van der Waals surface area contributed by atoms with E-state index < -0.39 is 31.5 Å². The van der Waals surface area contributed by atoms with E-state index in [0.717, 1.165) is 12.1 Å². The van der Waals surface area contributed by atoms with E-state index in [1.165, 1.54) is 29.1 Å². The molecule has 0 amide bonds. The number of aromatic nitrogens is 2. The number of hydrogen-bond acceptors (Lipinski definition) is 6. The van der Waals surface area contributed by atoms with Gasteiger partial charge >= 0.3 is 5.97 Å². The summed E-state index contributed by atoms with van der Waals surface area (Å²) in [6, 6.07) is 6.36. The quantitative estimate of drug-likeness (QED) is 0.406. The standard InChI is InChI=1S/C13H14N4O6S/c18-13(19)11-6-8-14-16(11)9-3-7-15-24(22,23)12-5-2-1-4-10(12)17(20)21/h1-2,4-6,8,15H,3,7,9H2,(H,18,19). The largest absolute Gasteiger partial charge is 0.477 e. The molecular formula is C13H14N4O6S. The van der Waals surface area contributed by atoms with Crippen molar-refractivity contribution in [2.75, 3.05) is 6.54 Å². The summed E-state index contributed by atoms with van der Waals surface area (Å²) in [5, 5.41) is 23.7. The second-order valence-corrected chi connectivity index (χ2v) is 6.46. The number of benzene rings is 1. The van der Waals surface area contributed by atoms with E-state index in [0.29, 0.717) is 0 Å². The van der Waals surface area contributed by atoms with Crippen LogP contribution < -0.4 is 4.72 Å². The van der Waals surface area contributed by atoms with Gasteiger partial charge in [0.1, 0.15) is 5.69 Å². The zero-order valence-corrected chi connectivity index (χ0v) is 13.1. The maximum absolute atomic E-state index is 12.2. The first-order chi connectivity index (χ1) is 11.3. The fraction of sp³-hybridized carbons (Fsp3) is 0.231. The molecule has 2 aromatic rings. The van der Waals surface area contributed by atoms with Crippen LogP contribution in [0.4, 0.5) is 5.69 Å². The van der Waals surface area contributed by atoms with E-state index in [4.69, 9.17) is 5.11 Å². The fourth-order valence-electron chi connectivity index (χ4n) is 2.04. The number of nitro groups is 1. The Kier molecular flexibility index (Phi) is 5.26. The lowest BCUT2D eigenvalue weighted by Crippen LogP contribution is -2.26. The number of hydrogen-bond donors (Lipinski definition) is 2. The zero-order valence-electron chi connectivity index (χ0n) is 12.3. The van der Waals surface area contributed by atoms with Gasteiger partial charge in [0.15, 0.2) is 4.90 Å². The number of carbonyl (C=O) groups is 1. The second kappa shape index (κ2) is 7.19. The smallest absolute Gasteiger partial charge is 0.354 e. The maximum atomic E-state index is 12.2. The van der Waals surface area contributed by atoms with Gasteiger partial charge in [-0.3, -0.25) is 14.8 Å². The first-order valence-corrected chi connectivity index (χ1v) is 8.29. The Morgan fingerprint density at radius 1 is 1.33 bits per heavy atom. The minimum Gasteiger partial charge on any atom is -0.477 e. The SMILES string of the molecule is O=C(O)c1ccnn1CCCNS(=O)(=O)c1ccccc1[N+](=O)[O-]. The van der Waals surface area contributed by atoms with Crippen LogP contribution in [0.5, 0.6) is 0 Å². The Labute approximate surface area is 136 Å². The molecule has 2 rings (SSSR count). The molecule has 24 heavy (non-hydrogen) atoms. The van der Waals surface area contributed by atoms with Crippen LogP contribution in [0.25, 0.3) is 0 Å². The number of nitrogens with zero attached hydrogens (tertiary/aromatic N) is 3. The summed E-state index contributed by atoms with van der Waals surface area (Å²) in [5.74, 6) is -1.13. The van der Waals surface area contributed by atoms with Crippen LogP contribution in [0.15, 0.2) is 41.4 Å². The lowest BCUT2D eigenvalue weighted by molar-refractivity contribution is -0.387. The van der Waals surface area contributed by atoms with Crippen molar-refractivity contribution in [3.63, 3.8) is 0 Å². The average molecular weight is 354 g/mol. The summed E-state index contributed by atoms with van der Waals surface area (Å²) in [5.41, 5.74) is -0.512. The Hall–Kier alpha value is -2.79. The third-order valence-electron chi connectivity index (χ3n) is 3.13. The van der Waals surface area contributed by atoms with Crippen LogP contribution in [-0.4, -0.2) is 40.7 Å². The summed E-state index contributed by atoms with van der Waals surface area (Å²) >= 11 is 0. The van der Waals surface area contributed by atoms with Gasteiger partial charge in [-0.25, -0.2) is 17.9 Å². The van der Waals surface area contributed by atoms with Gasteiger partial charge in [-0.2, -0.15) is 5.10 Å². The molecule has 0 atom stereocenters. The molecule has 0 saturated carbocycles. The molecule has 0 aliphatic rings. The summed E-state index contributed by atoms with van der Waals surface area (Å²) in [6.07, 6.45) is 1.60. The van der Waals surface area contributed by atoms with E-state index in [2.05, 4.69) is 9.82 Å². The summed E-state index contributed by atoms with van der Waals surface area (Å²) in [4.78, 5) is 20.6. The molecule has 0 spiro atoms. The van der Waals surface area contributed by atoms with Gasteiger partial charge in [-0.15, -0.1) is 0 Å². The fourth-order valence-corrected chi connectivity index (χ4v) is 3.29. The van der Waals surface area contributed by atoms with Crippen molar-refractivity contribution in [3.8, 4) is 0 Å². The Morgan fingerprint density at radius 2 is 2.04 bits per heavy atom. The van der Waals surface area contributed by atoms with Crippen molar-refractivity contribution in [1.29, 1.82) is 0 Å². The predicted octanol–water partition coefficient (Wildman–Crippen LogP) is 0.858. The molecule has 1 heterocycles. The van der Waals surface area contributed by atoms with E-state index in [1.54, 1.807) is 0 Å². The normalized spacial score (nSPS) is 11.3. The minimum absolute atomic E-state index is 0.00319. The van der Waals surface area contributed by atoms with Gasteiger partial charge in [-0.05, 0) is 18.6 Å². The van der Waals surface area contributed by atoms with Crippen molar-refractivity contribution >= 4 is 21.7 Å². The molecule has 0 bridgehead atoms. The molecular weight excluding hydrogens is 340 g/mol. The molecule has 1 aromatic carbocycles. The van der Waals surface area contributed by atoms with Crippen molar-refractivity contribution in [1.82, 2.24) is 14.5 Å². The summed E-state index contributed by atoms with van der Waals surface area (Å²) in [7, 11) is -4.04. The first-order valence-electron chi connectivity index (χ1n) is 6.81. The average Bonchev–Trinajstić information content (AvgIpc) is 3.00. The van der Waals surface area contributed by atoms with Gasteiger partial charge < -0.3 is 5.11 Å². The number of para-hydroxylation sites is 1. The molecule has 1 aromatic heterocycles. The molecule has 0 saturated heterocycles. The van der Waals surface area contributed by atoms with Gasteiger partial charge in [-0.1, -0.05) is 12.1 Å². The van der Waals surface area contributed by atoms with Crippen LogP contribution in [0, 0.1) is 10.1 Å². The molecule has 0 unspecified atom stereocenters. The highest BCUT2D eigenvalue weighted by Gasteiger charge is 2.24. The third kappa shape index (κ3) is 3.94. The second-order valence-electron chi connectivity index (χ2n) is 4.72. The lowest BCUT2D eigenvalue weighted by atomic mass is 10.3. The van der Waals surface area contributed by atoms with Gasteiger partial charge in [0, 0.05) is 25.4 Å². The number of sulfonamides is 1. The molecule has 0 fully saturated rings. The number of aryl methyl sites for hydroxylation is 1. The minimum atomic E-state index is -4.04. The van der Waals surface area contributed by atoms with E-state index in [-0.39, 0.29) is 25.2 Å². The monoisotopic (exact) mass is 354 g/mol. The van der Waals surface area contributed by atoms with Crippen molar-refractivity contribution < 1.29 is 23.2 Å². The van der Waals surface area contributed by atoms with Crippen LogP contribution in [0.1, 0.15) is 16.9 Å². The summed E-state index contributed by atoms with van der Waals surface area (Å²) in [6.45, 7) is 0.168. The van der Waals surface area contributed by atoms with E-state index >= 15 is 0 Å². The van der Waals surface area contributed by atoms with Crippen LogP contribution in [0.2, 0.25) is 0 Å². The number of nitro benzene ring substituents is 1. The highest BCUT2D eigenvalue weighted by Crippen LogP contribution is 2.22. The molecule has 0 radical (unpaired) electrons. The molecule has 128 valence electrons. The van der Waals surface area contributed by atoms with E-state index in [9.17, 15) is 23.3 Å². The highest BCUT2D eigenvalue weighted by atomic mass is 32.2. The van der Waals surface area contributed by atoms with Crippen LogP contribution >= 0.6 is 0 Å². The Morgan fingerprint density at radius 3 is 2.71 bits per heavy atom. The van der Waals surface area contributed by atoms with E-state index in [1.807, 2.05) is 0 Å².